The van der Waals surface area contributed by atoms with Gasteiger partial charge in [0, 0.05) is 10.6 Å². The Balaban J connectivity index is 0.00000400. The lowest BCUT2D eigenvalue weighted by molar-refractivity contribution is -0.145. The first-order chi connectivity index (χ1) is 9.63. The van der Waals surface area contributed by atoms with Crippen LogP contribution >= 0.6 is 24.2 Å². The number of carbonyl (C=O) groups is 1. The average Bonchev–Trinajstić information content (AvgIpc) is 2.43. The fourth-order valence-electron chi connectivity index (χ4n) is 1.70. The molecule has 0 bridgehead atoms. The van der Waals surface area contributed by atoms with Gasteiger partial charge in [-0.25, -0.2) is 0 Å². The van der Waals surface area contributed by atoms with Gasteiger partial charge in [0.15, 0.2) is 0 Å². The Kier molecular flexibility index (Phi) is 11.5. The van der Waals surface area contributed by atoms with Gasteiger partial charge in [-0.1, -0.05) is 32.0 Å². The number of esters is 1. The van der Waals surface area contributed by atoms with E-state index < -0.39 is 0 Å². The van der Waals surface area contributed by atoms with Crippen molar-refractivity contribution in [3.05, 3.63) is 30.3 Å². The van der Waals surface area contributed by atoms with Crippen molar-refractivity contribution in [3.8, 4) is 0 Å². The van der Waals surface area contributed by atoms with Crippen molar-refractivity contribution in [2.75, 3.05) is 18.9 Å². The van der Waals surface area contributed by atoms with Crippen LogP contribution in [-0.4, -0.2) is 30.9 Å². The summed E-state index contributed by atoms with van der Waals surface area (Å²) in [7, 11) is 0. The average molecular weight is 332 g/mol. The molecule has 0 aliphatic carbocycles. The second kappa shape index (κ2) is 11.9. The van der Waals surface area contributed by atoms with E-state index in [0.29, 0.717) is 18.3 Å². The van der Waals surface area contributed by atoms with E-state index in [2.05, 4.69) is 31.3 Å². The molecule has 0 unspecified atom stereocenters. The minimum atomic E-state index is -0.237. The monoisotopic (exact) mass is 331 g/mol. The molecule has 0 aromatic heterocycles. The van der Waals surface area contributed by atoms with E-state index in [1.165, 1.54) is 4.90 Å². The lowest BCUT2D eigenvalue weighted by Crippen LogP contribution is -2.41. The molecule has 0 saturated heterocycles. The van der Waals surface area contributed by atoms with Crippen LogP contribution in [0.25, 0.3) is 0 Å². The number of carbonyl (C=O) groups excluding carboxylic acids is 1. The minimum absolute atomic E-state index is 0. The third-order valence-corrected chi connectivity index (χ3v) is 3.95. The highest BCUT2D eigenvalue weighted by molar-refractivity contribution is 7.99. The van der Waals surface area contributed by atoms with Gasteiger partial charge in [-0.2, -0.15) is 0 Å². The number of halogens is 1. The Labute approximate surface area is 138 Å². The number of hydrogen-bond donors (Lipinski definition) is 1. The first-order valence-electron chi connectivity index (χ1n) is 7.21. The van der Waals surface area contributed by atoms with Crippen LogP contribution in [0.15, 0.2) is 35.2 Å². The lowest BCUT2D eigenvalue weighted by atomic mass is 10.1. The molecule has 0 heterocycles. The zero-order valence-electron chi connectivity index (χ0n) is 13.0. The predicted octanol–water partition coefficient (Wildman–Crippen LogP) is 3.77. The van der Waals surface area contributed by atoms with E-state index in [4.69, 9.17) is 4.74 Å². The topological polar surface area (TPSA) is 38.3 Å². The summed E-state index contributed by atoms with van der Waals surface area (Å²) in [5, 5.41) is 3.31. The zero-order chi connectivity index (χ0) is 14.8. The molecule has 0 saturated carbocycles. The maximum absolute atomic E-state index is 11.9. The molecule has 1 N–H and O–H groups in total. The molecule has 0 radical (unpaired) electrons. The molecule has 1 aromatic carbocycles. The van der Waals surface area contributed by atoms with Crippen LogP contribution in [0.3, 0.4) is 0 Å². The highest BCUT2D eigenvalue weighted by Gasteiger charge is 2.19. The van der Waals surface area contributed by atoms with Crippen molar-refractivity contribution < 1.29 is 9.53 Å². The largest absolute Gasteiger partial charge is 0.465 e. The third kappa shape index (κ3) is 9.02. The number of thioether (sulfide) groups is 1. The molecule has 1 atom stereocenters. The van der Waals surface area contributed by atoms with E-state index in [0.717, 1.165) is 13.0 Å². The summed E-state index contributed by atoms with van der Waals surface area (Å²) in [6.07, 6.45) is 1.06. The summed E-state index contributed by atoms with van der Waals surface area (Å²) >= 11 is 1.68. The summed E-state index contributed by atoms with van der Waals surface area (Å²) < 4.78 is 5.14. The summed E-state index contributed by atoms with van der Waals surface area (Å²) in [6, 6.07) is 9.89. The van der Waals surface area contributed by atoms with Crippen molar-refractivity contribution in [2.24, 2.45) is 5.92 Å². The van der Waals surface area contributed by atoms with Crippen LogP contribution in [0, 0.1) is 5.92 Å². The van der Waals surface area contributed by atoms with Crippen LogP contribution in [-0.2, 0) is 9.53 Å². The maximum atomic E-state index is 11.9. The summed E-state index contributed by atoms with van der Waals surface area (Å²) in [5.74, 6) is 1.17. The lowest BCUT2D eigenvalue weighted by Gasteiger charge is -2.17. The second-order valence-electron chi connectivity index (χ2n) is 5.07. The van der Waals surface area contributed by atoms with Crippen molar-refractivity contribution in [1.29, 1.82) is 0 Å². The fraction of sp³-hybridized carbons (Fsp3) is 0.562. The summed E-state index contributed by atoms with van der Waals surface area (Å²) in [4.78, 5) is 13.1. The second-order valence-corrected chi connectivity index (χ2v) is 6.16. The Morgan fingerprint density at radius 1 is 1.29 bits per heavy atom. The molecule has 0 fully saturated rings. The van der Waals surface area contributed by atoms with Crippen LogP contribution in [0.1, 0.15) is 27.2 Å². The normalized spacial score (nSPS) is 11.8. The van der Waals surface area contributed by atoms with Gasteiger partial charge >= 0.3 is 5.97 Å². The molecule has 5 heteroatoms. The maximum Gasteiger partial charge on any atom is 0.323 e. The molecular weight excluding hydrogens is 306 g/mol. The number of rotatable bonds is 9. The molecule has 120 valence electrons. The van der Waals surface area contributed by atoms with E-state index in [1.807, 2.05) is 25.1 Å². The molecular formula is C16H26ClNO2S. The van der Waals surface area contributed by atoms with Gasteiger partial charge in [0.2, 0.25) is 0 Å². The van der Waals surface area contributed by atoms with E-state index in [1.54, 1.807) is 11.8 Å². The third-order valence-electron chi connectivity index (χ3n) is 2.84. The van der Waals surface area contributed by atoms with Gasteiger partial charge in [0.05, 0.1) is 6.61 Å². The van der Waals surface area contributed by atoms with Gasteiger partial charge in [-0.05, 0) is 37.9 Å². The first kappa shape index (κ1) is 20.3. The van der Waals surface area contributed by atoms with Crippen molar-refractivity contribution >= 4 is 30.1 Å². The zero-order valence-corrected chi connectivity index (χ0v) is 14.6. The van der Waals surface area contributed by atoms with Crippen LogP contribution in [0.5, 0.6) is 0 Å². The molecule has 0 spiro atoms. The van der Waals surface area contributed by atoms with E-state index in [9.17, 15) is 4.79 Å². The Hall–Kier alpha value is -0.710. The predicted molar refractivity (Wildman–Crippen MR) is 92.3 cm³/mol. The van der Waals surface area contributed by atoms with Crippen molar-refractivity contribution in [2.45, 2.75) is 38.1 Å². The fourth-order valence-corrected chi connectivity index (χ4v) is 2.66. The number of nitrogens with one attached hydrogen (secondary N) is 1. The van der Waals surface area contributed by atoms with Gasteiger partial charge in [-0.15, -0.1) is 24.2 Å². The van der Waals surface area contributed by atoms with Gasteiger partial charge in [-0.3, -0.25) is 4.79 Å². The molecule has 0 aliphatic heterocycles. The minimum Gasteiger partial charge on any atom is -0.465 e. The summed E-state index contributed by atoms with van der Waals surface area (Å²) in [5.41, 5.74) is 0. The van der Waals surface area contributed by atoms with Gasteiger partial charge in [0.1, 0.15) is 6.04 Å². The highest BCUT2D eigenvalue weighted by atomic mass is 35.5. The molecule has 21 heavy (non-hydrogen) atoms. The van der Waals surface area contributed by atoms with Crippen LogP contribution in [0.2, 0.25) is 0 Å². The van der Waals surface area contributed by atoms with Crippen molar-refractivity contribution in [3.63, 3.8) is 0 Å². The molecule has 0 aliphatic rings. The first-order valence-corrected chi connectivity index (χ1v) is 8.20. The van der Waals surface area contributed by atoms with Crippen LogP contribution in [0.4, 0.5) is 0 Å². The standard InChI is InChI=1S/C16H25NO2S.ClH/c1-4-19-16(18)15(17-11-10-13(2)3)12-20-14-8-6-5-7-9-14;/h5-9,13,15,17H,4,10-12H2,1-3H3;1H/t15-;/m0./s1. The number of hydrogen-bond acceptors (Lipinski definition) is 4. The molecule has 1 rings (SSSR count). The van der Waals surface area contributed by atoms with Gasteiger partial charge < -0.3 is 10.1 Å². The number of ether oxygens (including phenoxy) is 1. The van der Waals surface area contributed by atoms with Crippen LogP contribution < -0.4 is 5.32 Å². The Morgan fingerprint density at radius 3 is 2.52 bits per heavy atom. The molecule has 3 nitrogen and oxygen atoms in total. The summed E-state index contributed by atoms with van der Waals surface area (Å²) in [6.45, 7) is 7.47. The van der Waals surface area contributed by atoms with Gasteiger partial charge in [0.25, 0.3) is 0 Å². The quantitative estimate of drug-likeness (QED) is 0.552. The Bertz CT molecular complexity index is 387. The smallest absolute Gasteiger partial charge is 0.323 e. The Morgan fingerprint density at radius 2 is 1.95 bits per heavy atom. The van der Waals surface area contributed by atoms with Crippen molar-refractivity contribution in [1.82, 2.24) is 5.32 Å². The number of benzene rings is 1. The SMILES string of the molecule is CCOC(=O)[C@H](CSc1ccccc1)NCCC(C)C.Cl. The highest BCUT2D eigenvalue weighted by Crippen LogP contribution is 2.18. The van der Waals surface area contributed by atoms with E-state index >= 15 is 0 Å². The molecule has 1 aromatic rings. The van der Waals surface area contributed by atoms with E-state index in [-0.39, 0.29) is 24.4 Å². The molecule has 0 amide bonds.